The fraction of sp³-hybridized carbons (Fsp3) is 0.148. The second kappa shape index (κ2) is 10.8. The molecule has 0 aliphatic heterocycles. The van der Waals surface area contributed by atoms with Crippen LogP contribution in [-0.2, 0) is 17.6 Å². The van der Waals surface area contributed by atoms with Gasteiger partial charge in [0.2, 0.25) is 5.91 Å². The number of anilines is 3. The van der Waals surface area contributed by atoms with Gasteiger partial charge in [-0.05, 0) is 66.2 Å². The molecule has 0 unspecified atom stereocenters. The summed E-state index contributed by atoms with van der Waals surface area (Å²) in [7, 11) is 1.68. The predicted octanol–water partition coefficient (Wildman–Crippen LogP) is 5.61. The van der Waals surface area contributed by atoms with Crippen LogP contribution in [0, 0.1) is 0 Å². The third-order valence-electron chi connectivity index (χ3n) is 5.41. The molecule has 0 fully saturated rings. The quantitative estimate of drug-likeness (QED) is 0.305. The van der Waals surface area contributed by atoms with Crippen molar-refractivity contribution >= 4 is 51.2 Å². The molecule has 0 bridgehead atoms. The Hall–Kier alpha value is -3.97. The Morgan fingerprint density at radius 2 is 1.74 bits per heavy atom. The number of methoxy groups -OCH3 is 1. The van der Waals surface area contributed by atoms with Gasteiger partial charge in [-0.15, -0.1) is 0 Å². The highest BCUT2D eigenvalue weighted by Crippen LogP contribution is 2.31. The molecular formula is C27H26N4O2S. The third kappa shape index (κ3) is 5.68. The van der Waals surface area contributed by atoms with Crippen LogP contribution in [0.2, 0.25) is 0 Å². The Balaban J connectivity index is 1.40. The third-order valence-corrected chi connectivity index (χ3v) is 5.61. The first-order chi connectivity index (χ1) is 16.6. The van der Waals surface area contributed by atoms with Crippen molar-refractivity contribution in [3.05, 3.63) is 90.1 Å². The highest BCUT2D eigenvalue weighted by molar-refractivity contribution is 7.80. The Kier molecular flexibility index (Phi) is 7.34. The number of nitrogens with zero attached hydrogens (tertiary/aromatic N) is 1. The number of rotatable bonds is 7. The van der Waals surface area contributed by atoms with Crippen LogP contribution in [0.3, 0.4) is 0 Å². The van der Waals surface area contributed by atoms with Crippen molar-refractivity contribution in [2.45, 2.75) is 19.8 Å². The monoisotopic (exact) mass is 470 g/mol. The van der Waals surface area contributed by atoms with E-state index in [2.05, 4.69) is 33.9 Å². The number of aryl methyl sites for hydroxylation is 1. The maximum Gasteiger partial charge on any atom is 0.230 e. The van der Waals surface area contributed by atoms with Gasteiger partial charge in [-0.2, -0.15) is 0 Å². The minimum Gasteiger partial charge on any atom is -0.496 e. The van der Waals surface area contributed by atoms with E-state index in [0.29, 0.717) is 0 Å². The topological polar surface area (TPSA) is 75.3 Å². The average Bonchev–Trinajstić information content (AvgIpc) is 2.85. The summed E-state index contributed by atoms with van der Waals surface area (Å²) in [5.74, 6) is 0.691. The van der Waals surface area contributed by atoms with Crippen molar-refractivity contribution in [3.8, 4) is 5.75 Å². The van der Waals surface area contributed by atoms with Gasteiger partial charge in [0.15, 0.2) is 5.11 Å². The molecule has 7 heteroatoms. The number of ether oxygens (including phenoxy) is 1. The zero-order valence-corrected chi connectivity index (χ0v) is 19.9. The summed E-state index contributed by atoms with van der Waals surface area (Å²) in [4.78, 5) is 16.7. The molecule has 1 amide bonds. The van der Waals surface area contributed by atoms with E-state index in [1.165, 1.54) is 0 Å². The number of fused-ring (bicyclic) bond motifs is 1. The molecule has 4 rings (SSSR count). The molecule has 0 saturated heterocycles. The van der Waals surface area contributed by atoms with Crippen LogP contribution >= 0.6 is 12.2 Å². The van der Waals surface area contributed by atoms with E-state index in [0.717, 1.165) is 51.3 Å². The van der Waals surface area contributed by atoms with Crippen molar-refractivity contribution in [1.29, 1.82) is 0 Å². The van der Waals surface area contributed by atoms with E-state index in [4.69, 9.17) is 17.0 Å². The summed E-state index contributed by atoms with van der Waals surface area (Å²) in [5, 5.41) is 10.5. The Morgan fingerprint density at radius 3 is 2.44 bits per heavy atom. The molecule has 6 nitrogen and oxygen atoms in total. The lowest BCUT2D eigenvalue weighted by atomic mass is 10.1. The minimum atomic E-state index is -0.158. The molecule has 3 aromatic carbocycles. The van der Waals surface area contributed by atoms with Crippen molar-refractivity contribution in [2.75, 3.05) is 17.7 Å². The number of carbonyl (C=O) groups is 1. The fourth-order valence-electron chi connectivity index (χ4n) is 3.70. The van der Waals surface area contributed by atoms with Gasteiger partial charge in [0.25, 0.3) is 0 Å². The van der Waals surface area contributed by atoms with Gasteiger partial charge in [0, 0.05) is 34.7 Å². The largest absolute Gasteiger partial charge is 0.496 e. The summed E-state index contributed by atoms with van der Waals surface area (Å²) in [5.41, 5.74) is 5.61. The standard InChI is InChI=1S/C27H26N4O2S/c1-3-19-16-22-23(13-14-28-24(22)17-25(19)33-2)29-20-9-11-21(12-10-20)30-27(34)31-26(32)15-18-7-5-4-6-8-18/h4-14,16-17H,3,15H2,1-2H3,(H,28,29)(H2,30,31,32,34). The van der Waals surface area contributed by atoms with Crippen molar-refractivity contribution < 1.29 is 9.53 Å². The highest BCUT2D eigenvalue weighted by atomic mass is 32.1. The number of hydrogen-bond acceptors (Lipinski definition) is 5. The molecule has 0 saturated carbocycles. The van der Waals surface area contributed by atoms with Gasteiger partial charge in [-0.1, -0.05) is 37.3 Å². The second-order valence-corrected chi connectivity index (χ2v) is 8.17. The molecule has 1 aromatic heterocycles. The summed E-state index contributed by atoms with van der Waals surface area (Å²) >= 11 is 5.29. The minimum absolute atomic E-state index is 0.158. The predicted molar refractivity (Wildman–Crippen MR) is 142 cm³/mol. The molecule has 4 aromatic rings. The van der Waals surface area contributed by atoms with E-state index in [1.807, 2.05) is 66.7 Å². The van der Waals surface area contributed by atoms with Crippen LogP contribution in [0.1, 0.15) is 18.1 Å². The lowest BCUT2D eigenvalue weighted by Crippen LogP contribution is -2.35. The maximum absolute atomic E-state index is 12.2. The Bertz CT molecular complexity index is 1310. The van der Waals surface area contributed by atoms with Crippen LogP contribution < -0.4 is 20.7 Å². The smallest absolute Gasteiger partial charge is 0.230 e. The first kappa shape index (κ1) is 23.2. The first-order valence-electron chi connectivity index (χ1n) is 11.0. The van der Waals surface area contributed by atoms with Crippen molar-refractivity contribution in [3.63, 3.8) is 0 Å². The number of thiocarbonyl (C=S) groups is 1. The summed E-state index contributed by atoms with van der Waals surface area (Å²) in [6, 6.07) is 23.3. The molecule has 0 radical (unpaired) electrons. The van der Waals surface area contributed by atoms with Gasteiger partial charge in [-0.25, -0.2) is 0 Å². The SMILES string of the molecule is CCc1cc2c(Nc3ccc(NC(=S)NC(=O)Cc4ccccc4)cc3)ccnc2cc1OC. The maximum atomic E-state index is 12.2. The molecule has 3 N–H and O–H groups in total. The highest BCUT2D eigenvalue weighted by Gasteiger charge is 2.09. The molecule has 0 spiro atoms. The lowest BCUT2D eigenvalue weighted by Gasteiger charge is -2.14. The van der Waals surface area contributed by atoms with E-state index in [1.54, 1.807) is 13.3 Å². The number of carbonyl (C=O) groups excluding carboxylic acids is 1. The zero-order chi connectivity index (χ0) is 23.9. The summed E-state index contributed by atoms with van der Waals surface area (Å²) in [6.45, 7) is 2.10. The van der Waals surface area contributed by atoms with Crippen molar-refractivity contribution in [1.82, 2.24) is 10.3 Å². The molecule has 0 atom stereocenters. The van der Waals surface area contributed by atoms with Gasteiger partial charge in [0.1, 0.15) is 5.75 Å². The number of pyridine rings is 1. The van der Waals surface area contributed by atoms with E-state index in [-0.39, 0.29) is 17.4 Å². The molecule has 172 valence electrons. The van der Waals surface area contributed by atoms with Crippen LogP contribution in [0.15, 0.2) is 79.0 Å². The number of nitrogens with one attached hydrogen (secondary N) is 3. The van der Waals surface area contributed by atoms with Crippen LogP contribution in [0.25, 0.3) is 10.9 Å². The number of benzene rings is 3. The molecule has 34 heavy (non-hydrogen) atoms. The number of hydrogen-bond donors (Lipinski definition) is 3. The Morgan fingerprint density at radius 1 is 1.00 bits per heavy atom. The zero-order valence-electron chi connectivity index (χ0n) is 19.1. The van der Waals surface area contributed by atoms with Crippen LogP contribution in [0.4, 0.5) is 17.1 Å². The van der Waals surface area contributed by atoms with E-state index >= 15 is 0 Å². The van der Waals surface area contributed by atoms with Gasteiger partial charge < -0.3 is 20.7 Å². The van der Waals surface area contributed by atoms with Gasteiger partial charge in [-0.3, -0.25) is 9.78 Å². The van der Waals surface area contributed by atoms with Crippen LogP contribution in [0.5, 0.6) is 5.75 Å². The van der Waals surface area contributed by atoms with Crippen molar-refractivity contribution in [2.24, 2.45) is 0 Å². The average molecular weight is 471 g/mol. The summed E-state index contributed by atoms with van der Waals surface area (Å²) < 4.78 is 5.50. The van der Waals surface area contributed by atoms with E-state index in [9.17, 15) is 4.79 Å². The Labute approximate surface area is 204 Å². The first-order valence-corrected chi connectivity index (χ1v) is 11.4. The van der Waals surface area contributed by atoms with E-state index < -0.39 is 0 Å². The lowest BCUT2D eigenvalue weighted by molar-refractivity contribution is -0.119. The molecular weight excluding hydrogens is 444 g/mol. The molecule has 0 aliphatic carbocycles. The summed E-state index contributed by atoms with van der Waals surface area (Å²) in [6.07, 6.45) is 2.93. The van der Waals surface area contributed by atoms with Gasteiger partial charge >= 0.3 is 0 Å². The fourth-order valence-corrected chi connectivity index (χ4v) is 3.93. The second-order valence-electron chi connectivity index (χ2n) is 7.76. The number of aromatic nitrogens is 1. The molecule has 0 aliphatic rings. The normalized spacial score (nSPS) is 10.5. The van der Waals surface area contributed by atoms with Gasteiger partial charge in [0.05, 0.1) is 19.0 Å². The number of amides is 1. The molecule has 1 heterocycles. The van der Waals surface area contributed by atoms with Crippen LogP contribution in [-0.4, -0.2) is 23.1 Å².